The van der Waals surface area contributed by atoms with Crippen molar-refractivity contribution < 1.29 is 17.9 Å². The second kappa shape index (κ2) is 7.42. The molecular formula is C16H15Cl2NO4S. The summed E-state index contributed by atoms with van der Waals surface area (Å²) in [5.41, 5.74) is 1.10. The van der Waals surface area contributed by atoms with Crippen LogP contribution in [0, 0.1) is 6.92 Å². The van der Waals surface area contributed by atoms with E-state index < -0.39 is 16.0 Å². The molecule has 0 amide bonds. The predicted octanol–water partition coefficient (Wildman–Crippen LogP) is 4.28. The molecule has 0 fully saturated rings. The lowest BCUT2D eigenvalue weighted by Gasteiger charge is -2.12. The van der Waals surface area contributed by atoms with Gasteiger partial charge in [0.1, 0.15) is 4.90 Å². The standard InChI is InChI=1S/C16H15Cl2NO4S/c1-3-23-16(20)12-9-11(5-6-13(12)17)19-24(21,22)15-7-4-10(2)8-14(15)18/h4-9,19H,3H2,1-2H3. The Bertz CT molecular complexity index is 882. The maximum Gasteiger partial charge on any atom is 0.339 e. The van der Waals surface area contributed by atoms with Crippen LogP contribution in [-0.4, -0.2) is 21.0 Å². The van der Waals surface area contributed by atoms with Crippen LogP contribution in [-0.2, 0) is 14.8 Å². The van der Waals surface area contributed by atoms with E-state index in [1.807, 2.05) is 0 Å². The first-order valence-electron chi connectivity index (χ1n) is 7.00. The molecule has 5 nitrogen and oxygen atoms in total. The molecule has 24 heavy (non-hydrogen) atoms. The largest absolute Gasteiger partial charge is 0.462 e. The Morgan fingerprint density at radius 3 is 2.46 bits per heavy atom. The Morgan fingerprint density at radius 1 is 1.12 bits per heavy atom. The van der Waals surface area contributed by atoms with Crippen LogP contribution in [0.2, 0.25) is 10.0 Å². The Hall–Kier alpha value is -1.76. The van der Waals surface area contributed by atoms with Crippen LogP contribution in [0.25, 0.3) is 0 Å². The summed E-state index contributed by atoms with van der Waals surface area (Å²) >= 11 is 12.0. The number of nitrogens with one attached hydrogen (secondary N) is 1. The second-order valence-corrected chi connectivity index (χ2v) is 7.42. The van der Waals surface area contributed by atoms with E-state index in [4.69, 9.17) is 27.9 Å². The van der Waals surface area contributed by atoms with Gasteiger partial charge in [-0.3, -0.25) is 4.72 Å². The van der Waals surface area contributed by atoms with Crippen molar-refractivity contribution in [3.8, 4) is 0 Å². The number of hydrogen-bond donors (Lipinski definition) is 1. The third-order valence-electron chi connectivity index (χ3n) is 3.09. The van der Waals surface area contributed by atoms with Crippen molar-refractivity contribution in [1.82, 2.24) is 0 Å². The van der Waals surface area contributed by atoms with E-state index in [1.165, 1.54) is 24.3 Å². The highest BCUT2D eigenvalue weighted by molar-refractivity contribution is 7.92. The molecule has 0 heterocycles. The number of aryl methyl sites for hydroxylation is 1. The summed E-state index contributed by atoms with van der Waals surface area (Å²) in [6, 6.07) is 8.81. The van der Waals surface area contributed by atoms with Crippen molar-refractivity contribution in [1.29, 1.82) is 0 Å². The third-order valence-corrected chi connectivity index (χ3v) is 5.28. The first-order valence-corrected chi connectivity index (χ1v) is 9.24. The van der Waals surface area contributed by atoms with Crippen LogP contribution in [0.4, 0.5) is 5.69 Å². The van der Waals surface area contributed by atoms with Gasteiger partial charge in [0.25, 0.3) is 10.0 Å². The van der Waals surface area contributed by atoms with Gasteiger partial charge in [-0.05, 0) is 49.7 Å². The van der Waals surface area contributed by atoms with Gasteiger partial charge in [0.15, 0.2) is 0 Å². The molecule has 2 aromatic rings. The van der Waals surface area contributed by atoms with Crippen LogP contribution >= 0.6 is 23.2 Å². The van der Waals surface area contributed by atoms with E-state index in [0.29, 0.717) is 0 Å². The average Bonchev–Trinajstić information content (AvgIpc) is 2.48. The van der Waals surface area contributed by atoms with E-state index in [0.717, 1.165) is 5.56 Å². The topological polar surface area (TPSA) is 72.5 Å². The Kier molecular flexibility index (Phi) is 5.74. The van der Waals surface area contributed by atoms with Gasteiger partial charge in [-0.25, -0.2) is 13.2 Å². The van der Waals surface area contributed by atoms with Crippen molar-refractivity contribution in [2.24, 2.45) is 0 Å². The van der Waals surface area contributed by atoms with Crippen LogP contribution in [0.15, 0.2) is 41.3 Å². The molecule has 0 saturated heterocycles. The van der Waals surface area contributed by atoms with Crippen LogP contribution in [0.1, 0.15) is 22.8 Å². The minimum absolute atomic E-state index is 0.0533. The lowest BCUT2D eigenvalue weighted by Crippen LogP contribution is -2.14. The predicted molar refractivity (Wildman–Crippen MR) is 94.4 cm³/mol. The van der Waals surface area contributed by atoms with Crippen molar-refractivity contribution in [3.05, 3.63) is 57.6 Å². The molecule has 0 atom stereocenters. The van der Waals surface area contributed by atoms with Crippen molar-refractivity contribution in [2.45, 2.75) is 18.7 Å². The summed E-state index contributed by atoms with van der Waals surface area (Å²) in [7, 11) is -3.91. The fraction of sp³-hybridized carbons (Fsp3) is 0.188. The fourth-order valence-corrected chi connectivity index (χ4v) is 3.83. The van der Waals surface area contributed by atoms with E-state index in [9.17, 15) is 13.2 Å². The van der Waals surface area contributed by atoms with Gasteiger partial charge >= 0.3 is 5.97 Å². The van der Waals surface area contributed by atoms with Gasteiger partial charge in [-0.2, -0.15) is 0 Å². The first kappa shape index (κ1) is 18.6. The van der Waals surface area contributed by atoms with E-state index in [2.05, 4.69) is 4.72 Å². The number of sulfonamides is 1. The Morgan fingerprint density at radius 2 is 1.83 bits per heavy atom. The van der Waals surface area contributed by atoms with Gasteiger partial charge < -0.3 is 4.74 Å². The molecule has 1 N–H and O–H groups in total. The Balaban J connectivity index is 2.36. The van der Waals surface area contributed by atoms with Crippen molar-refractivity contribution in [2.75, 3.05) is 11.3 Å². The molecule has 0 bridgehead atoms. The number of rotatable bonds is 5. The van der Waals surface area contributed by atoms with E-state index in [-0.39, 0.29) is 32.8 Å². The summed E-state index contributed by atoms with van der Waals surface area (Å²) in [5.74, 6) is -0.628. The van der Waals surface area contributed by atoms with Crippen LogP contribution < -0.4 is 4.72 Å². The SMILES string of the molecule is CCOC(=O)c1cc(NS(=O)(=O)c2ccc(C)cc2Cl)ccc1Cl. The van der Waals surface area contributed by atoms with Gasteiger partial charge in [0.05, 0.1) is 22.2 Å². The number of halogens is 2. The zero-order valence-corrected chi connectivity index (χ0v) is 15.3. The number of anilines is 1. The molecule has 2 aromatic carbocycles. The summed E-state index contributed by atoms with van der Waals surface area (Å²) < 4.78 is 32.2. The summed E-state index contributed by atoms with van der Waals surface area (Å²) in [5, 5.41) is 0.284. The van der Waals surface area contributed by atoms with Gasteiger partial charge in [0, 0.05) is 5.69 Å². The zero-order valence-electron chi connectivity index (χ0n) is 13.0. The average molecular weight is 388 g/mol. The number of carbonyl (C=O) groups excluding carboxylic acids is 1. The molecule has 0 saturated carbocycles. The molecule has 0 aliphatic rings. The number of benzene rings is 2. The van der Waals surface area contributed by atoms with E-state index >= 15 is 0 Å². The molecule has 0 aromatic heterocycles. The van der Waals surface area contributed by atoms with Gasteiger partial charge in [0.2, 0.25) is 0 Å². The fourth-order valence-electron chi connectivity index (χ4n) is 1.99. The number of ether oxygens (including phenoxy) is 1. The lowest BCUT2D eigenvalue weighted by molar-refractivity contribution is 0.0526. The molecule has 128 valence electrons. The molecule has 0 spiro atoms. The molecule has 0 unspecified atom stereocenters. The lowest BCUT2D eigenvalue weighted by atomic mass is 10.2. The minimum Gasteiger partial charge on any atom is -0.462 e. The molecular weight excluding hydrogens is 373 g/mol. The molecule has 8 heteroatoms. The Labute approximate surface area is 150 Å². The highest BCUT2D eigenvalue weighted by atomic mass is 35.5. The maximum absolute atomic E-state index is 12.5. The number of carbonyl (C=O) groups is 1. The number of hydrogen-bond acceptors (Lipinski definition) is 4. The molecule has 0 aliphatic carbocycles. The normalized spacial score (nSPS) is 11.2. The highest BCUT2D eigenvalue weighted by Crippen LogP contribution is 2.27. The van der Waals surface area contributed by atoms with Crippen LogP contribution in [0.3, 0.4) is 0 Å². The summed E-state index contributed by atoms with van der Waals surface area (Å²) in [6.45, 7) is 3.66. The third kappa shape index (κ3) is 4.20. The van der Waals surface area contributed by atoms with Crippen molar-refractivity contribution >= 4 is 44.9 Å². The van der Waals surface area contributed by atoms with E-state index in [1.54, 1.807) is 26.0 Å². The van der Waals surface area contributed by atoms with Gasteiger partial charge in [-0.15, -0.1) is 0 Å². The molecule has 0 radical (unpaired) electrons. The summed E-state index contributed by atoms with van der Waals surface area (Å²) in [6.07, 6.45) is 0. The van der Waals surface area contributed by atoms with Crippen molar-refractivity contribution in [3.63, 3.8) is 0 Å². The monoisotopic (exact) mass is 387 g/mol. The minimum atomic E-state index is -3.91. The second-order valence-electron chi connectivity index (χ2n) is 4.95. The maximum atomic E-state index is 12.5. The molecule has 0 aliphatic heterocycles. The summed E-state index contributed by atoms with van der Waals surface area (Å²) in [4.78, 5) is 11.8. The number of esters is 1. The zero-order chi connectivity index (χ0) is 17.9. The quantitative estimate of drug-likeness (QED) is 0.776. The first-order chi connectivity index (χ1) is 11.2. The van der Waals surface area contributed by atoms with Gasteiger partial charge in [-0.1, -0.05) is 29.3 Å². The molecule has 2 rings (SSSR count). The van der Waals surface area contributed by atoms with Crippen LogP contribution in [0.5, 0.6) is 0 Å². The highest BCUT2D eigenvalue weighted by Gasteiger charge is 2.20. The smallest absolute Gasteiger partial charge is 0.339 e.